The van der Waals surface area contributed by atoms with Crippen LogP contribution < -0.4 is 5.32 Å². The van der Waals surface area contributed by atoms with Crippen LogP contribution in [0, 0.1) is 11.8 Å². The molecule has 0 aliphatic heterocycles. The number of nitrogens with one attached hydrogen (secondary N) is 1. The first kappa shape index (κ1) is 16.5. The highest BCUT2D eigenvalue weighted by Crippen LogP contribution is 2.30. The first-order valence-electron chi connectivity index (χ1n) is 7.54. The van der Waals surface area contributed by atoms with Gasteiger partial charge in [0.25, 0.3) is 0 Å². The third-order valence-corrected chi connectivity index (χ3v) is 4.05. The molecule has 0 spiro atoms. The molecule has 1 unspecified atom stereocenters. The Labute approximate surface area is 123 Å². The molecule has 0 saturated heterocycles. The van der Waals surface area contributed by atoms with Gasteiger partial charge in [-0.25, -0.2) is 0 Å². The van der Waals surface area contributed by atoms with Crippen LogP contribution in [0.2, 0.25) is 5.02 Å². The minimum Gasteiger partial charge on any atom is -0.316 e. The van der Waals surface area contributed by atoms with Crippen molar-refractivity contribution in [1.82, 2.24) is 5.32 Å². The molecule has 19 heavy (non-hydrogen) atoms. The highest BCUT2D eigenvalue weighted by Gasteiger charge is 2.20. The first-order valence-corrected chi connectivity index (χ1v) is 7.92. The van der Waals surface area contributed by atoms with Crippen LogP contribution in [-0.2, 0) is 0 Å². The molecule has 1 aromatic rings. The molecule has 0 radical (unpaired) electrons. The van der Waals surface area contributed by atoms with E-state index in [2.05, 4.69) is 51.2 Å². The first-order chi connectivity index (χ1) is 9.08. The molecule has 0 aliphatic rings. The van der Waals surface area contributed by atoms with E-state index >= 15 is 0 Å². The van der Waals surface area contributed by atoms with Crippen LogP contribution in [0.4, 0.5) is 0 Å². The SMILES string of the molecule is CCC(CC)C(CNCC(C)C)c1cccc(Cl)c1. The molecule has 1 nitrogen and oxygen atoms in total. The highest BCUT2D eigenvalue weighted by atomic mass is 35.5. The van der Waals surface area contributed by atoms with Crippen LogP contribution in [-0.4, -0.2) is 13.1 Å². The van der Waals surface area contributed by atoms with Crippen molar-refractivity contribution in [3.05, 3.63) is 34.9 Å². The van der Waals surface area contributed by atoms with Crippen LogP contribution >= 0.6 is 11.6 Å². The van der Waals surface area contributed by atoms with E-state index in [1.807, 2.05) is 6.07 Å². The van der Waals surface area contributed by atoms with Crippen LogP contribution in [0.5, 0.6) is 0 Å². The van der Waals surface area contributed by atoms with Crippen molar-refractivity contribution in [2.75, 3.05) is 13.1 Å². The molecule has 0 aliphatic carbocycles. The fourth-order valence-corrected chi connectivity index (χ4v) is 2.88. The summed E-state index contributed by atoms with van der Waals surface area (Å²) in [5, 5.41) is 4.45. The normalized spacial score (nSPS) is 13.2. The largest absolute Gasteiger partial charge is 0.316 e. The molecule has 0 saturated carbocycles. The lowest BCUT2D eigenvalue weighted by Crippen LogP contribution is -2.29. The highest BCUT2D eigenvalue weighted by molar-refractivity contribution is 6.30. The van der Waals surface area contributed by atoms with E-state index in [-0.39, 0.29) is 0 Å². The maximum atomic E-state index is 6.14. The number of benzene rings is 1. The monoisotopic (exact) mass is 281 g/mol. The predicted molar refractivity (Wildman–Crippen MR) is 86.0 cm³/mol. The summed E-state index contributed by atoms with van der Waals surface area (Å²) in [6.45, 7) is 11.2. The van der Waals surface area contributed by atoms with Gasteiger partial charge >= 0.3 is 0 Å². The minimum atomic E-state index is 0.562. The van der Waals surface area contributed by atoms with Crippen molar-refractivity contribution in [2.45, 2.75) is 46.5 Å². The summed E-state index contributed by atoms with van der Waals surface area (Å²) in [4.78, 5) is 0. The average molecular weight is 282 g/mol. The van der Waals surface area contributed by atoms with Gasteiger partial charge < -0.3 is 5.32 Å². The van der Waals surface area contributed by atoms with Crippen LogP contribution in [0.3, 0.4) is 0 Å². The number of hydrogen-bond acceptors (Lipinski definition) is 1. The summed E-state index contributed by atoms with van der Waals surface area (Å²) in [5.74, 6) is 1.98. The third-order valence-electron chi connectivity index (χ3n) is 3.81. The molecular weight excluding hydrogens is 254 g/mol. The van der Waals surface area contributed by atoms with Gasteiger partial charge in [0.1, 0.15) is 0 Å². The Hall–Kier alpha value is -0.530. The van der Waals surface area contributed by atoms with E-state index in [0.717, 1.165) is 24.0 Å². The van der Waals surface area contributed by atoms with Gasteiger partial charge in [0, 0.05) is 11.6 Å². The third kappa shape index (κ3) is 5.54. The van der Waals surface area contributed by atoms with Crippen LogP contribution in [0.1, 0.15) is 52.0 Å². The summed E-state index contributed by atoms with van der Waals surface area (Å²) in [6, 6.07) is 8.36. The molecule has 0 fully saturated rings. The van der Waals surface area contributed by atoms with Gasteiger partial charge in [-0.3, -0.25) is 0 Å². The van der Waals surface area contributed by atoms with Crippen molar-refractivity contribution >= 4 is 11.6 Å². The molecule has 1 atom stereocenters. The van der Waals surface area contributed by atoms with E-state index in [1.165, 1.54) is 18.4 Å². The molecule has 0 amide bonds. The molecule has 0 bridgehead atoms. The van der Waals surface area contributed by atoms with Gasteiger partial charge in [0.15, 0.2) is 0 Å². The average Bonchev–Trinajstić information content (AvgIpc) is 2.38. The van der Waals surface area contributed by atoms with E-state index < -0.39 is 0 Å². The number of rotatable bonds is 8. The zero-order valence-electron chi connectivity index (χ0n) is 12.7. The fourth-order valence-electron chi connectivity index (χ4n) is 2.68. The lowest BCUT2D eigenvalue weighted by Gasteiger charge is -2.27. The van der Waals surface area contributed by atoms with Crippen molar-refractivity contribution in [3.63, 3.8) is 0 Å². The Kier molecular flexibility index (Phi) is 7.48. The Bertz CT molecular complexity index is 358. The lowest BCUT2D eigenvalue weighted by molar-refractivity contribution is 0.373. The Morgan fingerprint density at radius 2 is 1.79 bits per heavy atom. The van der Waals surface area contributed by atoms with Gasteiger partial charge in [-0.05, 0) is 42.0 Å². The van der Waals surface area contributed by atoms with Crippen LogP contribution in [0.15, 0.2) is 24.3 Å². The minimum absolute atomic E-state index is 0.562. The zero-order valence-corrected chi connectivity index (χ0v) is 13.5. The van der Waals surface area contributed by atoms with Crippen molar-refractivity contribution in [3.8, 4) is 0 Å². The topological polar surface area (TPSA) is 12.0 Å². The van der Waals surface area contributed by atoms with E-state index in [9.17, 15) is 0 Å². The summed E-state index contributed by atoms with van der Waals surface area (Å²) in [6.07, 6.45) is 2.44. The number of hydrogen-bond donors (Lipinski definition) is 1. The summed E-state index contributed by atoms with van der Waals surface area (Å²) in [5.41, 5.74) is 1.37. The van der Waals surface area contributed by atoms with Crippen molar-refractivity contribution in [1.29, 1.82) is 0 Å². The predicted octanol–water partition coefficient (Wildman–Crippen LogP) is 5.11. The molecule has 2 heteroatoms. The second-order valence-electron chi connectivity index (χ2n) is 5.79. The van der Waals surface area contributed by atoms with E-state index in [4.69, 9.17) is 11.6 Å². The number of halogens is 1. The molecule has 108 valence electrons. The van der Waals surface area contributed by atoms with Gasteiger partial charge in [0.05, 0.1) is 0 Å². The second-order valence-corrected chi connectivity index (χ2v) is 6.23. The summed E-state index contributed by atoms with van der Waals surface area (Å²) < 4.78 is 0. The quantitative estimate of drug-likeness (QED) is 0.698. The van der Waals surface area contributed by atoms with E-state index in [1.54, 1.807) is 0 Å². The Balaban J connectivity index is 2.79. The lowest BCUT2D eigenvalue weighted by atomic mass is 9.82. The van der Waals surface area contributed by atoms with E-state index in [0.29, 0.717) is 11.8 Å². The maximum absolute atomic E-state index is 6.14. The molecule has 1 rings (SSSR count). The fraction of sp³-hybridized carbons (Fsp3) is 0.647. The Morgan fingerprint density at radius 1 is 1.11 bits per heavy atom. The van der Waals surface area contributed by atoms with Gasteiger partial charge in [-0.1, -0.05) is 64.3 Å². The molecule has 0 aromatic heterocycles. The molecule has 1 aromatic carbocycles. The Morgan fingerprint density at radius 3 is 2.32 bits per heavy atom. The van der Waals surface area contributed by atoms with Crippen molar-refractivity contribution in [2.24, 2.45) is 11.8 Å². The molecule has 0 heterocycles. The maximum Gasteiger partial charge on any atom is 0.0408 e. The smallest absolute Gasteiger partial charge is 0.0408 e. The standard InChI is InChI=1S/C17H28ClN/c1-5-14(6-2)17(12-19-11-13(3)4)15-8-7-9-16(18)10-15/h7-10,13-14,17,19H,5-6,11-12H2,1-4H3. The summed E-state index contributed by atoms with van der Waals surface area (Å²) >= 11 is 6.14. The summed E-state index contributed by atoms with van der Waals surface area (Å²) in [7, 11) is 0. The van der Waals surface area contributed by atoms with Crippen LogP contribution in [0.25, 0.3) is 0 Å². The molecular formula is C17H28ClN. The second kappa shape index (κ2) is 8.60. The van der Waals surface area contributed by atoms with Gasteiger partial charge in [0.2, 0.25) is 0 Å². The van der Waals surface area contributed by atoms with Crippen molar-refractivity contribution < 1.29 is 0 Å². The molecule has 1 N–H and O–H groups in total. The zero-order chi connectivity index (χ0) is 14.3. The van der Waals surface area contributed by atoms with Gasteiger partial charge in [-0.2, -0.15) is 0 Å². The van der Waals surface area contributed by atoms with Gasteiger partial charge in [-0.15, -0.1) is 0 Å².